The second kappa shape index (κ2) is 8.01. The smallest absolute Gasteiger partial charge is 0.234 e. The van der Waals surface area contributed by atoms with Gasteiger partial charge in [0.1, 0.15) is 5.75 Å². The number of carbonyl (C=O) groups is 1. The molecule has 0 saturated carbocycles. The van der Waals surface area contributed by atoms with Gasteiger partial charge in [0, 0.05) is 0 Å². The number of ether oxygens (including phenoxy) is 1. The first-order chi connectivity index (χ1) is 12.6. The van der Waals surface area contributed by atoms with Gasteiger partial charge in [0.25, 0.3) is 0 Å². The standard InChI is InChI=1S/C18H19N5O2S/c1-12-4-7-14(8-5-12)23-18(20-21-22-23)26-11-17(24)19-15-10-13(2)6-9-16(15)25-3/h4-10H,11H2,1-3H3,(H,19,24). The van der Waals surface area contributed by atoms with Crippen molar-refractivity contribution in [2.24, 2.45) is 0 Å². The number of nitrogens with one attached hydrogen (secondary N) is 1. The molecule has 3 rings (SSSR count). The van der Waals surface area contributed by atoms with Gasteiger partial charge < -0.3 is 10.1 Å². The molecular weight excluding hydrogens is 350 g/mol. The van der Waals surface area contributed by atoms with E-state index in [1.165, 1.54) is 11.8 Å². The topological polar surface area (TPSA) is 81.9 Å². The summed E-state index contributed by atoms with van der Waals surface area (Å²) in [5, 5.41) is 15.1. The predicted octanol–water partition coefficient (Wildman–Crippen LogP) is 3.02. The number of benzene rings is 2. The Labute approximate surface area is 155 Å². The summed E-state index contributed by atoms with van der Waals surface area (Å²) in [7, 11) is 1.57. The number of amides is 1. The van der Waals surface area contributed by atoms with Crippen molar-refractivity contribution in [3.05, 3.63) is 53.6 Å². The lowest BCUT2D eigenvalue weighted by atomic mass is 10.2. The molecule has 0 aliphatic heterocycles. The molecule has 0 saturated heterocycles. The summed E-state index contributed by atoms with van der Waals surface area (Å²) in [5.41, 5.74) is 3.69. The molecule has 0 aliphatic rings. The number of aryl methyl sites for hydroxylation is 2. The number of hydrogen-bond acceptors (Lipinski definition) is 6. The number of tetrazole rings is 1. The molecule has 134 valence electrons. The Morgan fingerprint density at radius 1 is 1.15 bits per heavy atom. The predicted molar refractivity (Wildman–Crippen MR) is 101 cm³/mol. The first kappa shape index (κ1) is 17.9. The first-order valence-electron chi connectivity index (χ1n) is 7.99. The van der Waals surface area contributed by atoms with Gasteiger partial charge in [-0.2, -0.15) is 4.68 Å². The number of methoxy groups -OCH3 is 1. The molecule has 26 heavy (non-hydrogen) atoms. The monoisotopic (exact) mass is 369 g/mol. The van der Waals surface area contributed by atoms with Gasteiger partial charge >= 0.3 is 0 Å². The highest BCUT2D eigenvalue weighted by Gasteiger charge is 2.13. The highest BCUT2D eigenvalue weighted by molar-refractivity contribution is 7.99. The minimum absolute atomic E-state index is 0.155. The zero-order valence-electron chi connectivity index (χ0n) is 14.8. The third kappa shape index (κ3) is 4.20. The quantitative estimate of drug-likeness (QED) is 0.673. The number of rotatable bonds is 6. The Bertz CT molecular complexity index is 908. The Kier molecular flexibility index (Phi) is 5.52. The van der Waals surface area contributed by atoms with Crippen LogP contribution in [0.5, 0.6) is 5.75 Å². The molecule has 0 unspecified atom stereocenters. The van der Waals surface area contributed by atoms with Gasteiger partial charge in [-0.1, -0.05) is 35.5 Å². The van der Waals surface area contributed by atoms with Crippen LogP contribution in [0, 0.1) is 13.8 Å². The van der Waals surface area contributed by atoms with Crippen molar-refractivity contribution in [3.8, 4) is 11.4 Å². The molecule has 0 bridgehead atoms. The second-order valence-corrected chi connectivity index (χ2v) is 6.69. The average Bonchev–Trinajstić information content (AvgIpc) is 3.09. The number of anilines is 1. The summed E-state index contributed by atoms with van der Waals surface area (Å²) < 4.78 is 6.90. The van der Waals surface area contributed by atoms with Crippen LogP contribution >= 0.6 is 11.8 Å². The van der Waals surface area contributed by atoms with E-state index in [-0.39, 0.29) is 11.7 Å². The van der Waals surface area contributed by atoms with Crippen LogP contribution in [0.15, 0.2) is 47.6 Å². The van der Waals surface area contributed by atoms with E-state index in [0.29, 0.717) is 16.6 Å². The van der Waals surface area contributed by atoms with Gasteiger partial charge in [0.05, 0.1) is 24.2 Å². The van der Waals surface area contributed by atoms with E-state index in [1.807, 2.05) is 56.3 Å². The minimum atomic E-state index is -0.155. The lowest BCUT2D eigenvalue weighted by Gasteiger charge is -2.11. The van der Waals surface area contributed by atoms with Crippen LogP contribution in [0.25, 0.3) is 5.69 Å². The lowest BCUT2D eigenvalue weighted by molar-refractivity contribution is -0.113. The summed E-state index contributed by atoms with van der Waals surface area (Å²) in [4.78, 5) is 12.3. The third-order valence-electron chi connectivity index (χ3n) is 3.68. The van der Waals surface area contributed by atoms with Crippen LogP contribution in [-0.4, -0.2) is 39.0 Å². The lowest BCUT2D eigenvalue weighted by Crippen LogP contribution is -2.15. The van der Waals surface area contributed by atoms with Crippen molar-refractivity contribution < 1.29 is 9.53 Å². The molecule has 3 aromatic rings. The Morgan fingerprint density at radius 2 is 1.88 bits per heavy atom. The van der Waals surface area contributed by atoms with Gasteiger partial charge in [-0.05, 0) is 54.1 Å². The van der Waals surface area contributed by atoms with E-state index in [0.717, 1.165) is 16.8 Å². The third-order valence-corrected chi connectivity index (χ3v) is 4.60. The normalized spacial score (nSPS) is 10.6. The molecule has 8 heteroatoms. The molecule has 0 aliphatic carbocycles. The van der Waals surface area contributed by atoms with E-state index in [2.05, 4.69) is 20.8 Å². The Morgan fingerprint density at radius 3 is 2.62 bits per heavy atom. The SMILES string of the molecule is COc1ccc(C)cc1NC(=O)CSc1nnnn1-c1ccc(C)cc1. The fourth-order valence-corrected chi connectivity index (χ4v) is 3.04. The Hall–Kier alpha value is -2.87. The fraction of sp³-hybridized carbons (Fsp3) is 0.222. The van der Waals surface area contributed by atoms with Gasteiger partial charge in [0.2, 0.25) is 11.1 Å². The van der Waals surface area contributed by atoms with Crippen molar-refractivity contribution in [1.29, 1.82) is 0 Å². The van der Waals surface area contributed by atoms with Crippen LogP contribution in [-0.2, 0) is 4.79 Å². The molecular formula is C18H19N5O2S. The summed E-state index contributed by atoms with van der Waals surface area (Å²) in [6, 6.07) is 13.5. The molecule has 0 radical (unpaired) electrons. The average molecular weight is 369 g/mol. The van der Waals surface area contributed by atoms with E-state index in [4.69, 9.17) is 4.74 Å². The van der Waals surface area contributed by atoms with Gasteiger partial charge in [-0.3, -0.25) is 4.79 Å². The van der Waals surface area contributed by atoms with E-state index < -0.39 is 0 Å². The Balaban J connectivity index is 1.67. The van der Waals surface area contributed by atoms with Crippen LogP contribution in [0.1, 0.15) is 11.1 Å². The maximum absolute atomic E-state index is 12.3. The van der Waals surface area contributed by atoms with Gasteiger partial charge in [-0.25, -0.2) is 0 Å². The first-order valence-corrected chi connectivity index (χ1v) is 8.98. The molecule has 0 fully saturated rings. The highest BCUT2D eigenvalue weighted by Crippen LogP contribution is 2.26. The molecule has 2 aromatic carbocycles. The van der Waals surface area contributed by atoms with Crippen molar-refractivity contribution >= 4 is 23.4 Å². The minimum Gasteiger partial charge on any atom is -0.495 e. The maximum atomic E-state index is 12.3. The van der Waals surface area contributed by atoms with Crippen molar-refractivity contribution in [2.75, 3.05) is 18.2 Å². The van der Waals surface area contributed by atoms with Gasteiger partial charge in [-0.15, -0.1) is 5.10 Å². The largest absolute Gasteiger partial charge is 0.495 e. The summed E-state index contributed by atoms with van der Waals surface area (Å²) >= 11 is 1.27. The molecule has 1 amide bonds. The van der Waals surface area contributed by atoms with Gasteiger partial charge in [0.15, 0.2) is 0 Å². The van der Waals surface area contributed by atoms with Crippen molar-refractivity contribution in [2.45, 2.75) is 19.0 Å². The number of aromatic nitrogens is 4. The van der Waals surface area contributed by atoms with Crippen LogP contribution in [0.4, 0.5) is 5.69 Å². The number of nitrogens with zero attached hydrogens (tertiary/aromatic N) is 4. The summed E-state index contributed by atoms with van der Waals surface area (Å²) in [5.74, 6) is 0.652. The number of thioether (sulfide) groups is 1. The van der Waals surface area contributed by atoms with Crippen LogP contribution in [0.2, 0.25) is 0 Å². The zero-order chi connectivity index (χ0) is 18.5. The van der Waals surface area contributed by atoms with Crippen molar-refractivity contribution in [1.82, 2.24) is 20.2 Å². The molecule has 7 nitrogen and oxygen atoms in total. The summed E-state index contributed by atoms with van der Waals surface area (Å²) in [6.45, 7) is 3.97. The summed E-state index contributed by atoms with van der Waals surface area (Å²) in [6.07, 6.45) is 0. The molecule has 0 spiro atoms. The fourth-order valence-electron chi connectivity index (χ4n) is 2.35. The highest BCUT2D eigenvalue weighted by atomic mass is 32.2. The van der Waals surface area contributed by atoms with Crippen molar-refractivity contribution in [3.63, 3.8) is 0 Å². The number of hydrogen-bond donors (Lipinski definition) is 1. The van der Waals surface area contributed by atoms with E-state index in [9.17, 15) is 4.79 Å². The second-order valence-electron chi connectivity index (χ2n) is 5.75. The maximum Gasteiger partial charge on any atom is 0.234 e. The number of carbonyl (C=O) groups excluding carboxylic acids is 1. The van der Waals surface area contributed by atoms with Crippen LogP contribution in [0.3, 0.4) is 0 Å². The molecule has 1 N–H and O–H groups in total. The zero-order valence-corrected chi connectivity index (χ0v) is 15.6. The van der Waals surface area contributed by atoms with E-state index >= 15 is 0 Å². The van der Waals surface area contributed by atoms with Crippen LogP contribution < -0.4 is 10.1 Å². The molecule has 1 heterocycles. The van der Waals surface area contributed by atoms with E-state index in [1.54, 1.807) is 11.8 Å². The molecule has 1 aromatic heterocycles. The molecule has 0 atom stereocenters.